The third-order valence-electron chi connectivity index (χ3n) is 4.63. The van der Waals surface area contributed by atoms with Crippen molar-refractivity contribution in [2.45, 2.75) is 13.8 Å². The van der Waals surface area contributed by atoms with Gasteiger partial charge >= 0.3 is 5.97 Å². The number of pyridine rings is 1. The molecule has 0 amide bonds. The number of fused-ring (bicyclic) bond motifs is 1. The molecule has 0 bridgehead atoms. The van der Waals surface area contributed by atoms with E-state index in [1.807, 2.05) is 12.1 Å². The van der Waals surface area contributed by atoms with Crippen LogP contribution in [0.25, 0.3) is 10.8 Å². The van der Waals surface area contributed by atoms with E-state index in [4.69, 9.17) is 4.74 Å². The molecule has 3 rings (SSSR count). The van der Waals surface area contributed by atoms with Crippen molar-refractivity contribution in [1.82, 2.24) is 4.98 Å². The summed E-state index contributed by atoms with van der Waals surface area (Å²) in [5.41, 5.74) is 1.15. The first kappa shape index (κ1) is 19.4. The highest BCUT2D eigenvalue weighted by molar-refractivity contribution is 6.00. The average Bonchev–Trinajstić information content (AvgIpc) is 2.73. The van der Waals surface area contributed by atoms with Gasteiger partial charge in [0.05, 0.1) is 0 Å². The lowest BCUT2D eigenvalue weighted by Gasteiger charge is -2.20. The van der Waals surface area contributed by atoms with Crippen LogP contribution in [-0.4, -0.2) is 36.4 Å². The number of aromatic amines is 1. The van der Waals surface area contributed by atoms with Crippen molar-refractivity contribution in [2.75, 3.05) is 24.6 Å². The van der Waals surface area contributed by atoms with E-state index in [1.54, 1.807) is 42.5 Å². The monoisotopic (exact) mass is 378 g/mol. The predicted molar refractivity (Wildman–Crippen MR) is 109 cm³/mol. The molecule has 144 valence electrons. The molecule has 0 aliphatic carbocycles. The summed E-state index contributed by atoms with van der Waals surface area (Å²) < 4.78 is 5.10. The summed E-state index contributed by atoms with van der Waals surface area (Å²) in [4.78, 5) is 41.3. The summed E-state index contributed by atoms with van der Waals surface area (Å²) in [5, 5.41) is 1.12. The van der Waals surface area contributed by atoms with Gasteiger partial charge in [0.2, 0.25) is 0 Å². The van der Waals surface area contributed by atoms with E-state index in [0.29, 0.717) is 16.3 Å². The molecular weight excluding hydrogens is 356 g/mol. The zero-order chi connectivity index (χ0) is 20.1. The van der Waals surface area contributed by atoms with Crippen LogP contribution < -0.4 is 10.5 Å². The number of ether oxygens (including phenoxy) is 1. The lowest BCUT2D eigenvalue weighted by molar-refractivity contribution is 0.0469. The Morgan fingerprint density at radius 1 is 1.00 bits per heavy atom. The van der Waals surface area contributed by atoms with Crippen molar-refractivity contribution in [3.05, 3.63) is 76.2 Å². The summed E-state index contributed by atoms with van der Waals surface area (Å²) in [5.74, 6) is -1.04. The normalized spacial score (nSPS) is 10.6. The fourth-order valence-corrected chi connectivity index (χ4v) is 3.06. The van der Waals surface area contributed by atoms with Crippen molar-refractivity contribution in [1.29, 1.82) is 0 Å². The first-order valence-corrected chi connectivity index (χ1v) is 9.21. The summed E-state index contributed by atoms with van der Waals surface area (Å²) in [6, 6.07) is 15.7. The molecule has 1 aromatic heterocycles. The van der Waals surface area contributed by atoms with Crippen LogP contribution in [0, 0.1) is 0 Å². The summed E-state index contributed by atoms with van der Waals surface area (Å²) >= 11 is 0. The van der Waals surface area contributed by atoms with Crippen molar-refractivity contribution < 1.29 is 14.3 Å². The van der Waals surface area contributed by atoms with Gasteiger partial charge < -0.3 is 14.6 Å². The SMILES string of the molecule is CCN(CC)c1ccc(C(=O)COC(=O)c2cc3ccccc3c(=O)[nH]2)cc1. The molecule has 28 heavy (non-hydrogen) atoms. The zero-order valence-corrected chi connectivity index (χ0v) is 15.9. The highest BCUT2D eigenvalue weighted by atomic mass is 16.5. The molecule has 0 saturated carbocycles. The number of ketones is 1. The largest absolute Gasteiger partial charge is 0.453 e. The second kappa shape index (κ2) is 8.52. The summed E-state index contributed by atoms with van der Waals surface area (Å²) in [6.45, 7) is 5.51. The first-order valence-electron chi connectivity index (χ1n) is 9.21. The number of nitrogens with one attached hydrogen (secondary N) is 1. The van der Waals surface area contributed by atoms with Gasteiger partial charge in [0.1, 0.15) is 5.69 Å². The van der Waals surface area contributed by atoms with Crippen molar-refractivity contribution in [3.8, 4) is 0 Å². The van der Waals surface area contributed by atoms with E-state index in [2.05, 4.69) is 23.7 Å². The third kappa shape index (κ3) is 4.11. The summed E-state index contributed by atoms with van der Waals surface area (Å²) in [7, 11) is 0. The number of rotatable bonds is 7. The van der Waals surface area contributed by atoms with Crippen LogP contribution in [-0.2, 0) is 4.74 Å². The smallest absolute Gasteiger partial charge is 0.355 e. The van der Waals surface area contributed by atoms with Crippen LogP contribution >= 0.6 is 0 Å². The number of anilines is 1. The maximum absolute atomic E-state index is 12.3. The molecule has 0 spiro atoms. The lowest BCUT2D eigenvalue weighted by atomic mass is 10.1. The standard InChI is InChI=1S/C22H22N2O4/c1-3-24(4-2)17-11-9-15(10-12-17)20(25)14-28-22(27)19-13-16-7-5-6-8-18(16)21(26)23-19/h5-13H,3-4,14H2,1-2H3,(H,23,26). The molecule has 3 aromatic rings. The van der Waals surface area contributed by atoms with E-state index in [0.717, 1.165) is 18.8 Å². The molecule has 0 unspecified atom stereocenters. The van der Waals surface area contributed by atoms with E-state index >= 15 is 0 Å². The molecule has 0 atom stereocenters. The second-order valence-corrected chi connectivity index (χ2v) is 6.32. The van der Waals surface area contributed by atoms with Crippen molar-refractivity contribution in [3.63, 3.8) is 0 Å². The number of hydrogen-bond acceptors (Lipinski definition) is 5. The van der Waals surface area contributed by atoms with E-state index in [9.17, 15) is 14.4 Å². The Hall–Kier alpha value is -3.41. The quantitative estimate of drug-likeness (QED) is 0.503. The van der Waals surface area contributed by atoms with Gasteiger partial charge in [-0.1, -0.05) is 18.2 Å². The molecule has 6 heteroatoms. The Morgan fingerprint density at radius 2 is 1.68 bits per heavy atom. The van der Waals surface area contributed by atoms with Crippen LogP contribution in [0.15, 0.2) is 59.4 Å². The Kier molecular flexibility index (Phi) is 5.89. The topological polar surface area (TPSA) is 79.5 Å². The Balaban J connectivity index is 1.67. The van der Waals surface area contributed by atoms with Crippen LogP contribution in [0.3, 0.4) is 0 Å². The van der Waals surface area contributed by atoms with Crippen molar-refractivity contribution >= 4 is 28.2 Å². The molecule has 1 heterocycles. The van der Waals surface area contributed by atoms with Crippen molar-refractivity contribution in [2.24, 2.45) is 0 Å². The van der Waals surface area contributed by atoms with Gasteiger partial charge in [0, 0.05) is 29.7 Å². The molecule has 0 aliphatic rings. The molecule has 1 N–H and O–H groups in total. The van der Waals surface area contributed by atoms with Crippen LogP contribution in [0.4, 0.5) is 5.69 Å². The minimum absolute atomic E-state index is 0.0216. The zero-order valence-electron chi connectivity index (χ0n) is 15.9. The van der Waals surface area contributed by atoms with Gasteiger partial charge in [-0.15, -0.1) is 0 Å². The van der Waals surface area contributed by atoms with Crippen LogP contribution in [0.5, 0.6) is 0 Å². The highest BCUT2D eigenvalue weighted by Gasteiger charge is 2.14. The summed E-state index contributed by atoms with van der Waals surface area (Å²) in [6.07, 6.45) is 0. The number of Topliss-reactive ketones (excluding diaryl/α,β-unsaturated/α-hetero) is 1. The number of carbonyl (C=O) groups excluding carboxylic acids is 2. The maximum Gasteiger partial charge on any atom is 0.355 e. The Morgan fingerprint density at radius 3 is 2.36 bits per heavy atom. The maximum atomic E-state index is 12.3. The predicted octanol–water partition coefficient (Wildman–Crippen LogP) is 3.41. The van der Waals surface area contributed by atoms with Crippen LogP contribution in [0.2, 0.25) is 0 Å². The van der Waals surface area contributed by atoms with E-state index in [-0.39, 0.29) is 17.0 Å². The average molecular weight is 378 g/mol. The van der Waals surface area contributed by atoms with Crippen LogP contribution in [0.1, 0.15) is 34.7 Å². The minimum atomic E-state index is -0.740. The number of aromatic nitrogens is 1. The second-order valence-electron chi connectivity index (χ2n) is 6.32. The Bertz CT molecular complexity index is 1050. The Labute approximate surface area is 162 Å². The number of hydrogen-bond donors (Lipinski definition) is 1. The molecule has 0 aliphatic heterocycles. The van der Waals surface area contributed by atoms with Gasteiger partial charge in [0.25, 0.3) is 5.56 Å². The highest BCUT2D eigenvalue weighted by Crippen LogP contribution is 2.16. The molecule has 0 saturated heterocycles. The molecular formula is C22H22N2O4. The minimum Gasteiger partial charge on any atom is -0.453 e. The molecule has 0 fully saturated rings. The lowest BCUT2D eigenvalue weighted by Crippen LogP contribution is -2.22. The fraction of sp³-hybridized carbons (Fsp3) is 0.227. The number of nitrogens with zero attached hydrogens (tertiary/aromatic N) is 1. The fourth-order valence-electron chi connectivity index (χ4n) is 3.06. The van der Waals surface area contributed by atoms with Gasteiger partial charge in [-0.05, 0) is 55.6 Å². The molecule has 2 aromatic carbocycles. The third-order valence-corrected chi connectivity index (χ3v) is 4.63. The number of H-pyrrole nitrogens is 1. The van der Waals surface area contributed by atoms with Gasteiger partial charge in [-0.25, -0.2) is 4.79 Å². The molecule has 0 radical (unpaired) electrons. The van der Waals surface area contributed by atoms with E-state index in [1.165, 1.54) is 0 Å². The number of esters is 1. The first-order chi connectivity index (χ1) is 13.5. The number of benzene rings is 2. The van der Waals surface area contributed by atoms with Gasteiger partial charge in [-0.2, -0.15) is 0 Å². The number of carbonyl (C=O) groups is 2. The molecule has 6 nitrogen and oxygen atoms in total. The van der Waals surface area contributed by atoms with E-state index < -0.39 is 12.6 Å². The van der Waals surface area contributed by atoms with Gasteiger partial charge in [0.15, 0.2) is 12.4 Å². The van der Waals surface area contributed by atoms with Gasteiger partial charge in [-0.3, -0.25) is 9.59 Å².